The fourth-order valence-corrected chi connectivity index (χ4v) is 2.09. The number of nitro benzene ring substituents is 1. The Balaban J connectivity index is 1.89. The van der Waals surface area contributed by atoms with Crippen molar-refractivity contribution in [3.63, 3.8) is 0 Å². The largest absolute Gasteiger partial charge is 0.496 e. The summed E-state index contributed by atoms with van der Waals surface area (Å²) in [4.78, 5) is 21.9. The highest BCUT2D eigenvalue weighted by atomic mass is 16.6. The number of hydrogen-bond donors (Lipinski definition) is 1. The molecule has 0 aromatic heterocycles. The van der Waals surface area contributed by atoms with E-state index in [1.165, 1.54) is 37.6 Å². The number of nitrogens with zero attached hydrogens (tertiary/aromatic N) is 2. The molecular formula is C18H19N3O6. The molecule has 142 valence electrons. The van der Waals surface area contributed by atoms with Crippen LogP contribution in [0.15, 0.2) is 47.6 Å². The first-order valence-corrected chi connectivity index (χ1v) is 8.03. The number of nitro groups is 1. The number of carbonyl (C=O) groups excluding carboxylic acids is 1. The first kappa shape index (κ1) is 19.7. The number of hydrazone groups is 1. The maximum atomic E-state index is 11.8. The second-order valence-electron chi connectivity index (χ2n) is 5.17. The molecule has 2 aromatic carbocycles. The second-order valence-corrected chi connectivity index (χ2v) is 5.17. The summed E-state index contributed by atoms with van der Waals surface area (Å²) in [6, 6.07) is 10.7. The molecule has 1 N–H and O–H groups in total. The molecule has 1 amide bonds. The van der Waals surface area contributed by atoms with E-state index in [2.05, 4.69) is 10.5 Å². The van der Waals surface area contributed by atoms with Gasteiger partial charge in [0.05, 0.1) is 24.9 Å². The summed E-state index contributed by atoms with van der Waals surface area (Å²) in [6.07, 6.45) is 1.44. The molecule has 0 radical (unpaired) electrons. The van der Waals surface area contributed by atoms with E-state index in [1.807, 2.05) is 6.92 Å². The lowest BCUT2D eigenvalue weighted by molar-refractivity contribution is -0.384. The van der Waals surface area contributed by atoms with Crippen LogP contribution in [0.2, 0.25) is 0 Å². The van der Waals surface area contributed by atoms with E-state index < -0.39 is 10.8 Å². The van der Waals surface area contributed by atoms with Gasteiger partial charge in [0.2, 0.25) is 0 Å². The zero-order valence-electron chi connectivity index (χ0n) is 14.9. The van der Waals surface area contributed by atoms with Crippen molar-refractivity contribution in [2.75, 3.05) is 20.3 Å². The molecular weight excluding hydrogens is 354 g/mol. The van der Waals surface area contributed by atoms with Crippen LogP contribution in [0.25, 0.3) is 0 Å². The number of nitrogens with one attached hydrogen (secondary N) is 1. The van der Waals surface area contributed by atoms with Crippen LogP contribution >= 0.6 is 0 Å². The minimum atomic E-state index is -0.514. The number of rotatable bonds is 9. The Kier molecular flexibility index (Phi) is 7.12. The van der Waals surface area contributed by atoms with Gasteiger partial charge in [-0.15, -0.1) is 0 Å². The smallest absolute Gasteiger partial charge is 0.277 e. The molecule has 27 heavy (non-hydrogen) atoms. The number of ether oxygens (including phenoxy) is 3. The summed E-state index contributed by atoms with van der Waals surface area (Å²) in [5.74, 6) is 1.10. The summed E-state index contributed by atoms with van der Waals surface area (Å²) in [6.45, 7) is 2.12. The molecule has 2 aromatic rings. The molecule has 0 unspecified atom stereocenters. The van der Waals surface area contributed by atoms with Gasteiger partial charge in [-0.05, 0) is 37.3 Å². The maximum Gasteiger partial charge on any atom is 0.277 e. The van der Waals surface area contributed by atoms with E-state index in [9.17, 15) is 14.9 Å². The third-order valence-corrected chi connectivity index (χ3v) is 3.32. The monoisotopic (exact) mass is 373 g/mol. The number of carbonyl (C=O) groups is 1. The van der Waals surface area contributed by atoms with Crippen molar-refractivity contribution < 1.29 is 23.9 Å². The number of amides is 1. The number of hydrogen-bond acceptors (Lipinski definition) is 7. The van der Waals surface area contributed by atoms with Gasteiger partial charge in [0, 0.05) is 17.7 Å². The lowest BCUT2D eigenvalue weighted by atomic mass is 10.2. The van der Waals surface area contributed by atoms with Gasteiger partial charge in [-0.2, -0.15) is 5.10 Å². The van der Waals surface area contributed by atoms with Crippen LogP contribution in [0.3, 0.4) is 0 Å². The van der Waals surface area contributed by atoms with E-state index in [0.717, 1.165) is 0 Å². The molecule has 0 spiro atoms. The highest BCUT2D eigenvalue weighted by molar-refractivity contribution is 5.86. The number of non-ortho nitro benzene ring substituents is 1. The Morgan fingerprint density at radius 2 is 1.89 bits per heavy atom. The molecule has 9 heteroatoms. The van der Waals surface area contributed by atoms with Crippen molar-refractivity contribution in [3.8, 4) is 17.2 Å². The van der Waals surface area contributed by atoms with E-state index in [-0.39, 0.29) is 12.3 Å². The third-order valence-electron chi connectivity index (χ3n) is 3.32. The maximum absolute atomic E-state index is 11.8. The van der Waals surface area contributed by atoms with Gasteiger partial charge < -0.3 is 14.2 Å². The van der Waals surface area contributed by atoms with Crippen LogP contribution in [0.4, 0.5) is 5.69 Å². The Bertz CT molecular complexity index is 820. The van der Waals surface area contributed by atoms with Crippen LogP contribution in [0.1, 0.15) is 12.5 Å². The van der Waals surface area contributed by atoms with Crippen LogP contribution in [-0.2, 0) is 4.79 Å². The first-order valence-electron chi connectivity index (χ1n) is 8.03. The second kappa shape index (κ2) is 9.76. The quantitative estimate of drug-likeness (QED) is 0.411. The van der Waals surface area contributed by atoms with E-state index >= 15 is 0 Å². The molecule has 9 nitrogen and oxygen atoms in total. The van der Waals surface area contributed by atoms with E-state index in [1.54, 1.807) is 18.2 Å². The van der Waals surface area contributed by atoms with Crippen LogP contribution in [0, 0.1) is 10.1 Å². The Hall–Kier alpha value is -3.62. The highest BCUT2D eigenvalue weighted by Gasteiger charge is 2.07. The van der Waals surface area contributed by atoms with Crippen molar-refractivity contribution in [3.05, 3.63) is 58.1 Å². The average molecular weight is 373 g/mol. The zero-order valence-corrected chi connectivity index (χ0v) is 14.9. The van der Waals surface area contributed by atoms with Crippen LogP contribution < -0.4 is 19.6 Å². The molecule has 2 rings (SSSR count). The van der Waals surface area contributed by atoms with Crippen LogP contribution in [0.5, 0.6) is 17.2 Å². The van der Waals surface area contributed by atoms with Gasteiger partial charge in [0.1, 0.15) is 17.2 Å². The molecule has 0 aliphatic carbocycles. The molecule has 0 bridgehead atoms. The van der Waals surface area contributed by atoms with Gasteiger partial charge >= 0.3 is 0 Å². The van der Waals surface area contributed by atoms with Gasteiger partial charge in [-0.25, -0.2) is 5.43 Å². The Labute approximate surface area is 155 Å². The molecule has 0 fully saturated rings. The number of methoxy groups -OCH3 is 1. The normalized spacial score (nSPS) is 10.4. The molecule has 0 aliphatic rings. The summed E-state index contributed by atoms with van der Waals surface area (Å²) < 4.78 is 15.9. The molecule has 0 saturated carbocycles. The molecule has 0 aliphatic heterocycles. The minimum absolute atomic E-state index is 0.0559. The first-order chi connectivity index (χ1) is 13.0. The van der Waals surface area contributed by atoms with Gasteiger partial charge in [0.25, 0.3) is 11.6 Å². The lowest BCUT2D eigenvalue weighted by Crippen LogP contribution is -2.24. The number of benzene rings is 2. The average Bonchev–Trinajstić information content (AvgIpc) is 2.67. The lowest BCUT2D eigenvalue weighted by Gasteiger charge is -2.08. The zero-order chi connectivity index (χ0) is 19.6. The predicted octanol–water partition coefficient (Wildman–Crippen LogP) is 2.53. The van der Waals surface area contributed by atoms with Gasteiger partial charge in [-0.3, -0.25) is 14.9 Å². The van der Waals surface area contributed by atoms with Gasteiger partial charge in [0.15, 0.2) is 6.61 Å². The summed E-state index contributed by atoms with van der Waals surface area (Å²) in [5.41, 5.74) is 2.92. The predicted molar refractivity (Wildman–Crippen MR) is 98.5 cm³/mol. The van der Waals surface area contributed by atoms with Crippen molar-refractivity contribution in [2.24, 2.45) is 5.10 Å². The molecule has 0 saturated heterocycles. The van der Waals surface area contributed by atoms with Crippen molar-refractivity contribution >= 4 is 17.8 Å². The third kappa shape index (κ3) is 5.99. The van der Waals surface area contributed by atoms with E-state index in [0.29, 0.717) is 29.4 Å². The topological polar surface area (TPSA) is 112 Å². The standard InChI is InChI=1S/C18H19N3O6/c1-3-26-16-8-9-17(25-2)13(10-16)11-19-20-18(22)12-27-15-6-4-14(5-7-15)21(23)24/h4-11H,3,12H2,1-2H3,(H,20,22). The summed E-state index contributed by atoms with van der Waals surface area (Å²) in [7, 11) is 1.53. The van der Waals surface area contributed by atoms with Crippen molar-refractivity contribution in [1.29, 1.82) is 0 Å². The minimum Gasteiger partial charge on any atom is -0.496 e. The fraction of sp³-hybridized carbons (Fsp3) is 0.222. The van der Waals surface area contributed by atoms with Crippen LogP contribution in [-0.4, -0.2) is 37.4 Å². The molecule has 0 atom stereocenters. The SMILES string of the molecule is CCOc1ccc(OC)c(C=NNC(=O)COc2ccc([N+](=O)[O-])cc2)c1. The summed E-state index contributed by atoms with van der Waals surface area (Å²) in [5, 5.41) is 14.5. The van der Waals surface area contributed by atoms with Crippen molar-refractivity contribution in [1.82, 2.24) is 5.43 Å². The van der Waals surface area contributed by atoms with Crippen molar-refractivity contribution in [2.45, 2.75) is 6.92 Å². The fourth-order valence-electron chi connectivity index (χ4n) is 2.09. The summed E-state index contributed by atoms with van der Waals surface area (Å²) >= 11 is 0. The van der Waals surface area contributed by atoms with Gasteiger partial charge in [-0.1, -0.05) is 0 Å². The Morgan fingerprint density at radius 3 is 2.52 bits per heavy atom. The Morgan fingerprint density at radius 1 is 1.19 bits per heavy atom. The molecule has 0 heterocycles. The highest BCUT2D eigenvalue weighted by Crippen LogP contribution is 2.22. The van der Waals surface area contributed by atoms with E-state index in [4.69, 9.17) is 14.2 Å².